The van der Waals surface area contributed by atoms with Gasteiger partial charge in [0.2, 0.25) is 0 Å². The van der Waals surface area contributed by atoms with Crippen molar-refractivity contribution in [2.75, 3.05) is 11.9 Å². The molecule has 0 radical (unpaired) electrons. The Morgan fingerprint density at radius 2 is 2.29 bits per heavy atom. The highest BCUT2D eigenvalue weighted by Crippen LogP contribution is 2.23. The molecule has 1 aliphatic heterocycles. The van der Waals surface area contributed by atoms with Gasteiger partial charge in [-0.3, -0.25) is 9.88 Å². The molecule has 0 aromatic carbocycles. The van der Waals surface area contributed by atoms with Gasteiger partial charge in [0.1, 0.15) is 0 Å². The Morgan fingerprint density at radius 3 is 3.06 bits per heavy atom. The first-order valence-electron chi connectivity index (χ1n) is 6.19. The van der Waals surface area contributed by atoms with E-state index < -0.39 is 0 Å². The fraction of sp³-hybridized carbons (Fsp3) is 0.615. The van der Waals surface area contributed by atoms with Crippen LogP contribution in [0.25, 0.3) is 0 Å². The van der Waals surface area contributed by atoms with E-state index in [0.29, 0.717) is 6.04 Å². The third-order valence-corrected chi connectivity index (χ3v) is 4.49. The molecule has 1 aromatic heterocycles. The number of hydrogen-bond acceptors (Lipinski definition) is 2. The summed E-state index contributed by atoms with van der Waals surface area (Å²) in [5.41, 5.74) is 1.19. The molecule has 4 heteroatoms. The van der Waals surface area contributed by atoms with Crippen LogP contribution >= 0.6 is 27.5 Å². The van der Waals surface area contributed by atoms with Crippen LogP contribution in [-0.4, -0.2) is 27.8 Å². The second kappa shape index (κ2) is 6.72. The lowest BCUT2D eigenvalue weighted by molar-refractivity contribution is 0.209. The van der Waals surface area contributed by atoms with E-state index in [-0.39, 0.29) is 0 Å². The first-order valence-corrected chi connectivity index (χ1v) is 7.69. The van der Waals surface area contributed by atoms with E-state index >= 15 is 0 Å². The van der Waals surface area contributed by atoms with Crippen molar-refractivity contribution in [2.45, 2.75) is 38.3 Å². The first-order chi connectivity index (χ1) is 8.31. The molecule has 2 rings (SSSR count). The Hall–Kier alpha value is -0.120. The number of alkyl halides is 1. The molecule has 94 valence electrons. The summed E-state index contributed by atoms with van der Waals surface area (Å²) in [6, 6.07) is 2.67. The topological polar surface area (TPSA) is 16.1 Å². The predicted molar refractivity (Wildman–Crippen MR) is 75.7 cm³/mol. The number of hydrogen-bond donors (Lipinski definition) is 0. The Labute approximate surface area is 116 Å². The van der Waals surface area contributed by atoms with Crippen LogP contribution in [0.4, 0.5) is 0 Å². The molecule has 0 spiro atoms. The highest BCUT2D eigenvalue weighted by atomic mass is 79.9. The van der Waals surface area contributed by atoms with Gasteiger partial charge in [0.05, 0.1) is 5.02 Å². The van der Waals surface area contributed by atoms with Crippen LogP contribution in [0.2, 0.25) is 5.02 Å². The zero-order chi connectivity index (χ0) is 12.1. The highest BCUT2D eigenvalue weighted by molar-refractivity contribution is 9.09. The van der Waals surface area contributed by atoms with Gasteiger partial charge in [-0.05, 0) is 31.0 Å². The molecule has 1 saturated heterocycles. The monoisotopic (exact) mass is 316 g/mol. The van der Waals surface area contributed by atoms with Crippen LogP contribution in [0.3, 0.4) is 0 Å². The van der Waals surface area contributed by atoms with Gasteiger partial charge in [0.25, 0.3) is 0 Å². The molecule has 1 aliphatic rings. The van der Waals surface area contributed by atoms with Crippen LogP contribution in [0.5, 0.6) is 0 Å². The summed E-state index contributed by atoms with van der Waals surface area (Å²) in [5.74, 6) is 0. The minimum absolute atomic E-state index is 0.640. The zero-order valence-corrected chi connectivity index (χ0v) is 12.3. The van der Waals surface area contributed by atoms with E-state index in [9.17, 15) is 0 Å². The Kier molecular flexibility index (Phi) is 5.26. The lowest BCUT2D eigenvalue weighted by atomic mass is 10.1. The molecule has 1 unspecified atom stereocenters. The molecule has 17 heavy (non-hydrogen) atoms. The van der Waals surface area contributed by atoms with E-state index in [0.717, 1.165) is 16.9 Å². The molecule has 0 bridgehead atoms. The van der Waals surface area contributed by atoms with Gasteiger partial charge in [-0.2, -0.15) is 0 Å². The predicted octanol–water partition coefficient (Wildman–Crippen LogP) is 3.87. The Morgan fingerprint density at radius 1 is 1.41 bits per heavy atom. The van der Waals surface area contributed by atoms with Crippen LogP contribution in [0, 0.1) is 0 Å². The highest BCUT2D eigenvalue weighted by Gasteiger charge is 2.20. The third kappa shape index (κ3) is 3.67. The maximum atomic E-state index is 6.17. The van der Waals surface area contributed by atoms with Crippen molar-refractivity contribution in [1.82, 2.24) is 9.88 Å². The SMILES string of the molecule is Clc1cnccc1CN1CCCCCC1CBr. The van der Waals surface area contributed by atoms with Gasteiger partial charge in [-0.15, -0.1) is 0 Å². The Balaban J connectivity index is 2.07. The second-order valence-corrected chi connectivity index (χ2v) is 5.65. The molecule has 0 saturated carbocycles. The molecule has 0 N–H and O–H groups in total. The summed E-state index contributed by atoms with van der Waals surface area (Å²) >= 11 is 9.81. The van der Waals surface area contributed by atoms with Crippen molar-refractivity contribution in [3.63, 3.8) is 0 Å². The van der Waals surface area contributed by atoms with Gasteiger partial charge in [-0.25, -0.2) is 0 Å². The molecule has 2 heterocycles. The molecular weight excluding hydrogens is 300 g/mol. The van der Waals surface area contributed by atoms with Crippen LogP contribution in [0.15, 0.2) is 18.5 Å². The van der Waals surface area contributed by atoms with Crippen molar-refractivity contribution in [2.24, 2.45) is 0 Å². The average molecular weight is 318 g/mol. The van der Waals surface area contributed by atoms with E-state index in [1.165, 1.54) is 37.8 Å². The fourth-order valence-electron chi connectivity index (χ4n) is 2.37. The van der Waals surface area contributed by atoms with Gasteiger partial charge in [-0.1, -0.05) is 40.4 Å². The van der Waals surface area contributed by atoms with Crippen LogP contribution < -0.4 is 0 Å². The summed E-state index contributed by atoms with van der Waals surface area (Å²) in [4.78, 5) is 6.58. The number of nitrogens with zero attached hydrogens (tertiary/aromatic N) is 2. The summed E-state index contributed by atoms with van der Waals surface area (Å²) < 4.78 is 0. The standard InChI is InChI=1S/C13H18BrClN2/c14-8-12-4-2-1-3-7-17(12)10-11-5-6-16-9-13(11)15/h5-6,9,12H,1-4,7-8,10H2. The molecule has 1 aromatic rings. The van der Waals surface area contributed by atoms with E-state index in [4.69, 9.17) is 11.6 Å². The molecular formula is C13H18BrClN2. The summed E-state index contributed by atoms with van der Waals surface area (Å²) in [7, 11) is 0. The average Bonchev–Trinajstić information content (AvgIpc) is 2.57. The normalized spacial score (nSPS) is 22.4. The molecule has 0 aliphatic carbocycles. The lowest BCUT2D eigenvalue weighted by Gasteiger charge is -2.28. The van der Waals surface area contributed by atoms with Gasteiger partial charge >= 0.3 is 0 Å². The molecule has 0 amide bonds. The fourth-order valence-corrected chi connectivity index (χ4v) is 3.28. The number of aromatic nitrogens is 1. The largest absolute Gasteiger partial charge is 0.295 e. The quantitative estimate of drug-likeness (QED) is 0.787. The number of rotatable bonds is 3. The van der Waals surface area contributed by atoms with Gasteiger partial charge in [0.15, 0.2) is 0 Å². The number of halogens is 2. The molecule has 2 nitrogen and oxygen atoms in total. The smallest absolute Gasteiger partial charge is 0.0634 e. The third-order valence-electron chi connectivity index (χ3n) is 3.41. The number of pyridine rings is 1. The summed E-state index contributed by atoms with van der Waals surface area (Å²) in [5, 5.41) is 1.83. The maximum Gasteiger partial charge on any atom is 0.0634 e. The van der Waals surface area contributed by atoms with Gasteiger partial charge in [0, 0.05) is 30.3 Å². The van der Waals surface area contributed by atoms with Crippen molar-refractivity contribution < 1.29 is 0 Å². The number of likely N-dealkylation sites (tertiary alicyclic amines) is 1. The second-order valence-electron chi connectivity index (χ2n) is 4.60. The van der Waals surface area contributed by atoms with Crippen molar-refractivity contribution in [3.05, 3.63) is 29.0 Å². The Bertz CT molecular complexity index is 359. The van der Waals surface area contributed by atoms with E-state index in [1.807, 2.05) is 12.3 Å². The minimum Gasteiger partial charge on any atom is -0.295 e. The van der Waals surface area contributed by atoms with Crippen molar-refractivity contribution in [1.29, 1.82) is 0 Å². The van der Waals surface area contributed by atoms with Crippen LogP contribution in [0.1, 0.15) is 31.2 Å². The lowest BCUT2D eigenvalue weighted by Crippen LogP contribution is -2.35. The first kappa shape index (κ1) is 13.3. The summed E-state index contributed by atoms with van der Waals surface area (Å²) in [6.07, 6.45) is 8.83. The summed E-state index contributed by atoms with van der Waals surface area (Å²) in [6.45, 7) is 2.12. The van der Waals surface area contributed by atoms with Gasteiger partial charge < -0.3 is 0 Å². The van der Waals surface area contributed by atoms with Crippen molar-refractivity contribution in [3.8, 4) is 0 Å². The minimum atomic E-state index is 0.640. The van der Waals surface area contributed by atoms with Crippen LogP contribution in [-0.2, 0) is 6.54 Å². The van der Waals surface area contributed by atoms with Crippen molar-refractivity contribution >= 4 is 27.5 Å². The maximum absolute atomic E-state index is 6.17. The van der Waals surface area contributed by atoms with E-state index in [1.54, 1.807) is 6.20 Å². The molecule has 1 fully saturated rings. The molecule has 1 atom stereocenters. The van der Waals surface area contributed by atoms with E-state index in [2.05, 4.69) is 25.8 Å². The zero-order valence-electron chi connectivity index (χ0n) is 9.91.